The van der Waals surface area contributed by atoms with Crippen molar-refractivity contribution in [2.45, 2.75) is 19.9 Å². The summed E-state index contributed by atoms with van der Waals surface area (Å²) in [5.74, 6) is 1.43. The summed E-state index contributed by atoms with van der Waals surface area (Å²) in [6.07, 6.45) is 3.84. The molecule has 1 aromatic heterocycles. The van der Waals surface area contributed by atoms with E-state index in [4.69, 9.17) is 9.97 Å². The molecule has 8 heteroatoms. The molecule has 2 aromatic carbocycles. The lowest BCUT2D eigenvalue weighted by Crippen LogP contribution is -2.37. The first kappa shape index (κ1) is 22.1. The van der Waals surface area contributed by atoms with Crippen molar-refractivity contribution in [2.75, 3.05) is 25.0 Å². The molecule has 1 aliphatic rings. The zero-order chi connectivity index (χ0) is 23.4. The Morgan fingerprint density at radius 2 is 1.88 bits per heavy atom. The number of nitro benzene ring substituents is 1. The van der Waals surface area contributed by atoms with E-state index in [9.17, 15) is 14.9 Å². The van der Waals surface area contributed by atoms with Gasteiger partial charge in [-0.15, -0.1) is 0 Å². The summed E-state index contributed by atoms with van der Waals surface area (Å²) in [4.78, 5) is 36.7. The third-order valence-corrected chi connectivity index (χ3v) is 5.74. The highest BCUT2D eigenvalue weighted by Crippen LogP contribution is 2.29. The van der Waals surface area contributed by atoms with Crippen LogP contribution in [0.5, 0.6) is 0 Å². The SMILES string of the molecule is CCN(C)c1nc(-c2ccccc2)nc2c1CN(C(=O)/C=C/c1ccc([N+](=O)[O-])cc1)CC2. The van der Waals surface area contributed by atoms with E-state index in [1.54, 1.807) is 23.1 Å². The maximum atomic E-state index is 12.9. The summed E-state index contributed by atoms with van der Waals surface area (Å²) in [7, 11) is 1.99. The van der Waals surface area contributed by atoms with Gasteiger partial charge in [0.05, 0.1) is 17.2 Å². The molecule has 33 heavy (non-hydrogen) atoms. The molecule has 0 saturated carbocycles. The molecule has 0 N–H and O–H groups in total. The number of nitro groups is 1. The quantitative estimate of drug-likeness (QED) is 0.323. The van der Waals surface area contributed by atoms with Crippen LogP contribution in [0.3, 0.4) is 0 Å². The van der Waals surface area contributed by atoms with E-state index < -0.39 is 4.92 Å². The van der Waals surface area contributed by atoms with E-state index >= 15 is 0 Å². The second-order valence-electron chi connectivity index (χ2n) is 7.87. The van der Waals surface area contributed by atoms with E-state index in [1.807, 2.05) is 37.4 Å². The number of anilines is 1. The van der Waals surface area contributed by atoms with E-state index in [-0.39, 0.29) is 11.6 Å². The van der Waals surface area contributed by atoms with Crippen molar-refractivity contribution >= 4 is 23.5 Å². The molecule has 1 aliphatic heterocycles. The van der Waals surface area contributed by atoms with E-state index in [2.05, 4.69) is 11.8 Å². The van der Waals surface area contributed by atoms with Crippen LogP contribution >= 0.6 is 0 Å². The fourth-order valence-corrected chi connectivity index (χ4v) is 3.75. The zero-order valence-electron chi connectivity index (χ0n) is 18.6. The highest BCUT2D eigenvalue weighted by molar-refractivity contribution is 5.92. The molecule has 0 saturated heterocycles. The van der Waals surface area contributed by atoms with Gasteiger partial charge in [0.25, 0.3) is 5.69 Å². The van der Waals surface area contributed by atoms with E-state index in [0.29, 0.717) is 25.3 Å². The molecule has 0 spiro atoms. The Balaban J connectivity index is 1.56. The number of carbonyl (C=O) groups is 1. The fourth-order valence-electron chi connectivity index (χ4n) is 3.75. The first-order valence-corrected chi connectivity index (χ1v) is 10.8. The maximum Gasteiger partial charge on any atom is 0.269 e. The fraction of sp³-hybridized carbons (Fsp3) is 0.240. The summed E-state index contributed by atoms with van der Waals surface area (Å²) in [6.45, 7) is 3.85. The molecule has 0 aliphatic carbocycles. The van der Waals surface area contributed by atoms with Crippen molar-refractivity contribution < 1.29 is 9.72 Å². The van der Waals surface area contributed by atoms with Gasteiger partial charge in [0.2, 0.25) is 5.91 Å². The summed E-state index contributed by atoms with van der Waals surface area (Å²) < 4.78 is 0. The van der Waals surface area contributed by atoms with Crippen molar-refractivity contribution in [2.24, 2.45) is 0 Å². The number of hydrogen-bond acceptors (Lipinski definition) is 6. The van der Waals surface area contributed by atoms with Gasteiger partial charge in [-0.25, -0.2) is 9.97 Å². The lowest BCUT2D eigenvalue weighted by molar-refractivity contribution is -0.384. The van der Waals surface area contributed by atoms with Gasteiger partial charge < -0.3 is 9.80 Å². The Kier molecular flexibility index (Phi) is 6.44. The van der Waals surface area contributed by atoms with Crippen LogP contribution in [0.4, 0.5) is 11.5 Å². The smallest absolute Gasteiger partial charge is 0.269 e. The molecule has 0 atom stereocenters. The van der Waals surface area contributed by atoms with Crippen molar-refractivity contribution in [3.8, 4) is 11.4 Å². The number of amides is 1. The lowest BCUT2D eigenvalue weighted by atomic mass is 10.0. The number of rotatable bonds is 6. The maximum absolute atomic E-state index is 12.9. The molecule has 8 nitrogen and oxygen atoms in total. The molecule has 0 fully saturated rings. The van der Waals surface area contributed by atoms with Crippen LogP contribution in [0, 0.1) is 10.1 Å². The third-order valence-electron chi connectivity index (χ3n) is 5.74. The Bertz CT molecular complexity index is 1190. The summed E-state index contributed by atoms with van der Waals surface area (Å²) in [5, 5.41) is 10.8. The Morgan fingerprint density at radius 1 is 1.15 bits per heavy atom. The highest BCUT2D eigenvalue weighted by atomic mass is 16.6. The Labute approximate surface area is 192 Å². The largest absolute Gasteiger partial charge is 0.360 e. The Morgan fingerprint density at radius 3 is 2.55 bits per heavy atom. The Hall–Kier alpha value is -4.07. The van der Waals surface area contributed by atoms with Gasteiger partial charge in [-0.1, -0.05) is 30.3 Å². The molecule has 2 heterocycles. The van der Waals surface area contributed by atoms with E-state index in [1.165, 1.54) is 18.2 Å². The average molecular weight is 444 g/mol. The molecule has 3 aromatic rings. The zero-order valence-corrected chi connectivity index (χ0v) is 18.6. The van der Waals surface area contributed by atoms with Crippen molar-refractivity contribution in [1.29, 1.82) is 0 Å². The normalized spacial score (nSPS) is 13.1. The van der Waals surface area contributed by atoms with Gasteiger partial charge in [0, 0.05) is 55.9 Å². The highest BCUT2D eigenvalue weighted by Gasteiger charge is 2.26. The second kappa shape index (κ2) is 9.60. The summed E-state index contributed by atoms with van der Waals surface area (Å²) in [5.41, 5.74) is 3.67. The predicted octanol–water partition coefficient (Wildman–Crippen LogP) is 4.11. The number of nitrogens with zero attached hydrogens (tertiary/aromatic N) is 5. The van der Waals surface area contributed by atoms with Gasteiger partial charge in [0.15, 0.2) is 5.82 Å². The topological polar surface area (TPSA) is 92.5 Å². The number of hydrogen-bond donors (Lipinski definition) is 0. The second-order valence-corrected chi connectivity index (χ2v) is 7.87. The monoisotopic (exact) mass is 443 g/mol. The van der Waals surface area contributed by atoms with Gasteiger partial charge in [-0.3, -0.25) is 14.9 Å². The molecule has 0 radical (unpaired) electrons. The van der Waals surface area contributed by atoms with Gasteiger partial charge >= 0.3 is 0 Å². The average Bonchev–Trinajstić information content (AvgIpc) is 2.86. The first-order valence-electron chi connectivity index (χ1n) is 10.8. The molecular weight excluding hydrogens is 418 g/mol. The van der Waals surface area contributed by atoms with Gasteiger partial charge in [0.1, 0.15) is 5.82 Å². The predicted molar refractivity (Wildman–Crippen MR) is 128 cm³/mol. The van der Waals surface area contributed by atoms with E-state index in [0.717, 1.165) is 34.7 Å². The number of non-ortho nitro benzene ring substituents is 1. The van der Waals surface area contributed by atoms with Crippen LogP contribution in [0.15, 0.2) is 60.7 Å². The van der Waals surface area contributed by atoms with Gasteiger partial charge in [-0.05, 0) is 30.7 Å². The van der Waals surface area contributed by atoms with Crippen LogP contribution in [-0.2, 0) is 17.8 Å². The number of fused-ring (bicyclic) bond motifs is 1. The molecule has 1 amide bonds. The first-order chi connectivity index (χ1) is 16.0. The van der Waals surface area contributed by atoms with Crippen molar-refractivity contribution in [3.63, 3.8) is 0 Å². The van der Waals surface area contributed by atoms with Crippen molar-refractivity contribution in [3.05, 3.63) is 87.6 Å². The summed E-state index contributed by atoms with van der Waals surface area (Å²) in [6, 6.07) is 16.0. The van der Waals surface area contributed by atoms with Crippen LogP contribution in [-0.4, -0.2) is 45.8 Å². The lowest BCUT2D eigenvalue weighted by Gasteiger charge is -2.31. The molecular formula is C25H25N5O3. The number of benzene rings is 2. The molecule has 168 valence electrons. The minimum absolute atomic E-state index is 0.0218. The number of aromatic nitrogens is 2. The standard InChI is InChI=1S/C25H25N5O3/c1-3-28(2)25-21-17-29(23(31)14-11-18-9-12-20(13-10-18)30(32)33)16-15-22(21)26-24(27-25)19-7-5-4-6-8-19/h4-14H,3,15-17H2,1-2H3/b14-11+. The van der Waals surface area contributed by atoms with Gasteiger partial charge in [-0.2, -0.15) is 0 Å². The number of carbonyl (C=O) groups excluding carboxylic acids is 1. The van der Waals surface area contributed by atoms with Crippen LogP contribution in [0.2, 0.25) is 0 Å². The molecule has 0 bridgehead atoms. The van der Waals surface area contributed by atoms with Crippen LogP contribution < -0.4 is 4.90 Å². The van der Waals surface area contributed by atoms with Crippen molar-refractivity contribution in [1.82, 2.24) is 14.9 Å². The molecule has 0 unspecified atom stereocenters. The minimum atomic E-state index is -0.444. The minimum Gasteiger partial charge on any atom is -0.360 e. The summed E-state index contributed by atoms with van der Waals surface area (Å²) >= 11 is 0. The van der Waals surface area contributed by atoms with Crippen LogP contribution in [0.1, 0.15) is 23.7 Å². The third kappa shape index (κ3) is 4.90. The van der Waals surface area contributed by atoms with Crippen LogP contribution in [0.25, 0.3) is 17.5 Å². The molecule has 4 rings (SSSR count).